The zero-order valence-corrected chi connectivity index (χ0v) is 9.86. The zero-order valence-electron chi connectivity index (χ0n) is 9.86. The van der Waals surface area contributed by atoms with Crippen molar-refractivity contribution >= 4 is 5.97 Å². The molecule has 15 heavy (non-hydrogen) atoms. The maximum atomic E-state index is 11.2. The second-order valence-corrected chi connectivity index (χ2v) is 5.83. The number of hydrogen-bond acceptors (Lipinski definition) is 2. The topological polar surface area (TPSA) is 40.5 Å². The summed E-state index contributed by atoms with van der Waals surface area (Å²) >= 11 is 0. The summed E-state index contributed by atoms with van der Waals surface area (Å²) in [5.41, 5.74) is 0.317. The van der Waals surface area contributed by atoms with Crippen molar-refractivity contribution in [2.75, 3.05) is 6.54 Å². The summed E-state index contributed by atoms with van der Waals surface area (Å²) in [6, 6.07) is 0.248. The number of carboxylic acids is 1. The molecule has 1 aliphatic carbocycles. The quantitative estimate of drug-likeness (QED) is 0.759. The molecule has 2 rings (SSSR count). The molecule has 1 N–H and O–H groups in total. The highest BCUT2D eigenvalue weighted by atomic mass is 16.4. The van der Waals surface area contributed by atoms with Gasteiger partial charge in [-0.15, -0.1) is 0 Å². The van der Waals surface area contributed by atoms with E-state index in [1.807, 2.05) is 0 Å². The van der Waals surface area contributed by atoms with Gasteiger partial charge < -0.3 is 5.11 Å². The van der Waals surface area contributed by atoms with E-state index < -0.39 is 5.97 Å². The van der Waals surface area contributed by atoms with E-state index in [4.69, 9.17) is 0 Å². The standard InChI is InChI=1S/C12H21NO2/c1-8-5-7-13(10(8)11(14)15)9-4-6-12(9,2)3/h8-10H,4-7H2,1-3H3,(H,14,15). The first kappa shape index (κ1) is 10.9. The van der Waals surface area contributed by atoms with Crippen LogP contribution in [0.5, 0.6) is 0 Å². The van der Waals surface area contributed by atoms with Crippen molar-refractivity contribution < 1.29 is 9.90 Å². The van der Waals surface area contributed by atoms with Gasteiger partial charge in [0.15, 0.2) is 0 Å². The lowest BCUT2D eigenvalue weighted by molar-refractivity contribution is -0.147. The number of carbonyl (C=O) groups is 1. The van der Waals surface area contributed by atoms with Gasteiger partial charge in [-0.1, -0.05) is 20.8 Å². The van der Waals surface area contributed by atoms with Gasteiger partial charge >= 0.3 is 5.97 Å². The molecular formula is C12H21NO2. The third-order valence-corrected chi connectivity index (χ3v) is 4.36. The predicted molar refractivity (Wildman–Crippen MR) is 58.7 cm³/mol. The van der Waals surface area contributed by atoms with E-state index in [0.717, 1.165) is 13.0 Å². The molecule has 1 aliphatic heterocycles. The van der Waals surface area contributed by atoms with Crippen LogP contribution in [0.4, 0.5) is 0 Å². The smallest absolute Gasteiger partial charge is 0.321 e. The highest BCUT2D eigenvalue weighted by molar-refractivity contribution is 5.74. The van der Waals surface area contributed by atoms with Gasteiger partial charge in [0.05, 0.1) is 0 Å². The molecule has 0 aromatic carbocycles. The molecule has 1 saturated heterocycles. The summed E-state index contributed by atoms with van der Waals surface area (Å²) in [5.74, 6) is -0.332. The summed E-state index contributed by atoms with van der Waals surface area (Å²) in [7, 11) is 0. The number of rotatable bonds is 2. The van der Waals surface area contributed by atoms with Crippen LogP contribution in [0.15, 0.2) is 0 Å². The van der Waals surface area contributed by atoms with Crippen molar-refractivity contribution in [2.45, 2.75) is 52.1 Å². The maximum Gasteiger partial charge on any atom is 0.321 e. The summed E-state index contributed by atoms with van der Waals surface area (Å²) in [4.78, 5) is 13.5. The second kappa shape index (κ2) is 3.48. The average Bonchev–Trinajstić information content (AvgIpc) is 2.46. The van der Waals surface area contributed by atoms with Crippen molar-refractivity contribution in [2.24, 2.45) is 11.3 Å². The van der Waals surface area contributed by atoms with E-state index in [1.54, 1.807) is 0 Å². The van der Waals surface area contributed by atoms with E-state index in [2.05, 4.69) is 25.7 Å². The number of hydrogen-bond donors (Lipinski definition) is 1. The van der Waals surface area contributed by atoms with Crippen molar-refractivity contribution in [1.29, 1.82) is 0 Å². The van der Waals surface area contributed by atoms with Gasteiger partial charge in [-0.05, 0) is 37.1 Å². The Morgan fingerprint density at radius 1 is 1.40 bits per heavy atom. The third kappa shape index (κ3) is 1.67. The maximum absolute atomic E-state index is 11.2. The molecule has 0 aromatic heterocycles. The lowest BCUT2D eigenvalue weighted by Gasteiger charge is -2.50. The molecule has 1 saturated carbocycles. The van der Waals surface area contributed by atoms with Gasteiger partial charge in [0.1, 0.15) is 6.04 Å². The summed E-state index contributed by atoms with van der Waals surface area (Å²) in [6.07, 6.45) is 3.43. The highest BCUT2D eigenvalue weighted by Gasteiger charge is 2.49. The lowest BCUT2D eigenvalue weighted by Crippen LogP contribution is -2.56. The Bertz CT molecular complexity index is 275. The van der Waals surface area contributed by atoms with Crippen molar-refractivity contribution in [1.82, 2.24) is 4.90 Å². The zero-order chi connectivity index (χ0) is 11.2. The minimum absolute atomic E-state index is 0.241. The van der Waals surface area contributed by atoms with Crippen LogP contribution in [0.2, 0.25) is 0 Å². The number of carboxylic acid groups (broad SMARTS) is 1. The van der Waals surface area contributed by atoms with Crippen LogP contribution in [0, 0.1) is 11.3 Å². The molecule has 0 bridgehead atoms. The Morgan fingerprint density at radius 2 is 2.07 bits per heavy atom. The van der Waals surface area contributed by atoms with Crippen LogP contribution in [0.1, 0.15) is 40.0 Å². The lowest BCUT2D eigenvalue weighted by atomic mass is 9.66. The van der Waals surface area contributed by atoms with Crippen LogP contribution in [-0.4, -0.2) is 34.6 Å². The number of likely N-dealkylation sites (tertiary alicyclic amines) is 1. The Morgan fingerprint density at radius 3 is 2.47 bits per heavy atom. The molecule has 1 heterocycles. The van der Waals surface area contributed by atoms with Gasteiger partial charge in [0.25, 0.3) is 0 Å². The summed E-state index contributed by atoms with van der Waals surface area (Å²) in [5, 5.41) is 9.25. The van der Waals surface area contributed by atoms with Crippen LogP contribution < -0.4 is 0 Å². The molecule has 0 spiro atoms. The Hall–Kier alpha value is -0.570. The summed E-state index contributed by atoms with van der Waals surface area (Å²) < 4.78 is 0. The van der Waals surface area contributed by atoms with Crippen LogP contribution in [0.25, 0.3) is 0 Å². The molecule has 3 nitrogen and oxygen atoms in total. The number of nitrogens with zero attached hydrogens (tertiary/aromatic N) is 1. The van der Waals surface area contributed by atoms with E-state index in [9.17, 15) is 9.90 Å². The van der Waals surface area contributed by atoms with E-state index in [-0.39, 0.29) is 6.04 Å². The van der Waals surface area contributed by atoms with Crippen molar-refractivity contribution in [3.63, 3.8) is 0 Å². The monoisotopic (exact) mass is 211 g/mol. The Kier molecular flexibility index (Phi) is 2.53. The molecule has 3 unspecified atom stereocenters. The van der Waals surface area contributed by atoms with Gasteiger partial charge in [-0.25, -0.2) is 0 Å². The summed E-state index contributed by atoms with van der Waals surface area (Å²) in [6.45, 7) is 7.53. The molecule has 2 fully saturated rings. The van der Waals surface area contributed by atoms with Crippen LogP contribution in [0.3, 0.4) is 0 Å². The van der Waals surface area contributed by atoms with Crippen LogP contribution >= 0.6 is 0 Å². The SMILES string of the molecule is CC1CCN(C2CCC2(C)C)C1C(=O)O. The van der Waals surface area contributed by atoms with E-state index in [1.165, 1.54) is 12.8 Å². The largest absolute Gasteiger partial charge is 0.480 e. The van der Waals surface area contributed by atoms with E-state index in [0.29, 0.717) is 17.4 Å². The third-order valence-electron chi connectivity index (χ3n) is 4.36. The Balaban J connectivity index is 2.12. The minimum atomic E-state index is -0.636. The minimum Gasteiger partial charge on any atom is -0.480 e. The van der Waals surface area contributed by atoms with Gasteiger partial charge in [-0.3, -0.25) is 9.69 Å². The van der Waals surface area contributed by atoms with Crippen LogP contribution in [-0.2, 0) is 4.79 Å². The predicted octanol–water partition coefficient (Wildman–Crippen LogP) is 1.97. The van der Waals surface area contributed by atoms with E-state index >= 15 is 0 Å². The fourth-order valence-electron chi connectivity index (χ4n) is 3.18. The molecule has 0 radical (unpaired) electrons. The first-order chi connectivity index (χ1) is 6.93. The Labute approximate surface area is 91.5 Å². The number of aliphatic carboxylic acids is 1. The molecule has 2 aliphatic rings. The first-order valence-corrected chi connectivity index (χ1v) is 5.92. The molecular weight excluding hydrogens is 190 g/mol. The fraction of sp³-hybridized carbons (Fsp3) is 0.917. The molecule has 0 amide bonds. The normalized spacial score (nSPS) is 40.1. The van der Waals surface area contributed by atoms with Crippen molar-refractivity contribution in [3.8, 4) is 0 Å². The average molecular weight is 211 g/mol. The fourth-order valence-corrected chi connectivity index (χ4v) is 3.18. The molecule has 86 valence electrons. The molecule has 3 heteroatoms. The van der Waals surface area contributed by atoms with Gasteiger partial charge in [0.2, 0.25) is 0 Å². The van der Waals surface area contributed by atoms with Gasteiger partial charge in [-0.2, -0.15) is 0 Å². The second-order valence-electron chi connectivity index (χ2n) is 5.83. The molecule has 3 atom stereocenters. The van der Waals surface area contributed by atoms with Crippen molar-refractivity contribution in [3.05, 3.63) is 0 Å². The molecule has 0 aromatic rings. The van der Waals surface area contributed by atoms with Gasteiger partial charge in [0, 0.05) is 6.04 Å². The first-order valence-electron chi connectivity index (χ1n) is 5.92. The highest BCUT2D eigenvalue weighted by Crippen LogP contribution is 2.46.